The fraction of sp³-hybridized carbons (Fsp3) is 0.600. The molecule has 84 valence electrons. The standard InChI is InChI=1S/C10H15NO4/c1-2-15-10(14)8(12)7-9(13)11-5-3-4-6-11/h7,12H,2-6H2,1H3/b8-7-. The molecule has 1 aliphatic heterocycles. The molecule has 1 rings (SSSR count). The number of aliphatic hydroxyl groups excluding tert-OH is 1. The molecule has 0 saturated carbocycles. The summed E-state index contributed by atoms with van der Waals surface area (Å²) in [5.74, 6) is -1.82. The van der Waals surface area contributed by atoms with Crippen molar-refractivity contribution in [1.82, 2.24) is 4.90 Å². The molecule has 5 heteroatoms. The van der Waals surface area contributed by atoms with E-state index in [2.05, 4.69) is 4.74 Å². The minimum atomic E-state index is -0.856. The van der Waals surface area contributed by atoms with Crippen LogP contribution in [0.3, 0.4) is 0 Å². The highest BCUT2D eigenvalue weighted by atomic mass is 16.5. The summed E-state index contributed by atoms with van der Waals surface area (Å²) in [7, 11) is 0. The summed E-state index contributed by atoms with van der Waals surface area (Å²) in [5, 5.41) is 9.22. The van der Waals surface area contributed by atoms with E-state index >= 15 is 0 Å². The van der Waals surface area contributed by atoms with Crippen molar-refractivity contribution in [2.45, 2.75) is 19.8 Å². The second kappa shape index (κ2) is 5.38. The van der Waals surface area contributed by atoms with E-state index in [0.29, 0.717) is 13.1 Å². The second-order valence-corrected chi connectivity index (χ2v) is 3.28. The Labute approximate surface area is 88.3 Å². The van der Waals surface area contributed by atoms with Gasteiger partial charge in [-0.25, -0.2) is 4.79 Å². The lowest BCUT2D eigenvalue weighted by Crippen LogP contribution is -2.26. The lowest BCUT2D eigenvalue weighted by Gasteiger charge is -2.12. The Morgan fingerprint density at radius 3 is 2.53 bits per heavy atom. The smallest absolute Gasteiger partial charge is 0.373 e. The third-order valence-corrected chi connectivity index (χ3v) is 2.16. The molecule has 0 aromatic carbocycles. The van der Waals surface area contributed by atoms with E-state index in [4.69, 9.17) is 0 Å². The average molecular weight is 213 g/mol. The third kappa shape index (κ3) is 3.27. The van der Waals surface area contributed by atoms with Crippen LogP contribution in [-0.2, 0) is 14.3 Å². The highest BCUT2D eigenvalue weighted by Gasteiger charge is 2.18. The van der Waals surface area contributed by atoms with E-state index in [-0.39, 0.29) is 12.5 Å². The number of esters is 1. The van der Waals surface area contributed by atoms with Gasteiger partial charge in [0.1, 0.15) is 0 Å². The molecule has 0 bridgehead atoms. The predicted molar refractivity (Wildman–Crippen MR) is 53.2 cm³/mol. The van der Waals surface area contributed by atoms with E-state index in [1.54, 1.807) is 11.8 Å². The van der Waals surface area contributed by atoms with E-state index in [1.165, 1.54) is 0 Å². The minimum Gasteiger partial charge on any atom is -0.502 e. The number of amides is 1. The van der Waals surface area contributed by atoms with Crippen molar-refractivity contribution < 1.29 is 19.4 Å². The van der Waals surface area contributed by atoms with Crippen LogP contribution < -0.4 is 0 Å². The SMILES string of the molecule is CCOC(=O)/C(O)=C/C(=O)N1CCCC1. The molecule has 1 amide bonds. The summed E-state index contributed by atoms with van der Waals surface area (Å²) >= 11 is 0. The van der Waals surface area contributed by atoms with Gasteiger partial charge in [0.15, 0.2) is 0 Å². The Morgan fingerprint density at radius 1 is 1.40 bits per heavy atom. The number of aliphatic hydroxyl groups is 1. The van der Waals surface area contributed by atoms with Gasteiger partial charge in [0, 0.05) is 13.1 Å². The Bertz CT molecular complexity index is 279. The maximum atomic E-state index is 11.4. The van der Waals surface area contributed by atoms with Gasteiger partial charge >= 0.3 is 5.97 Å². The van der Waals surface area contributed by atoms with Crippen molar-refractivity contribution in [2.24, 2.45) is 0 Å². The van der Waals surface area contributed by atoms with E-state index in [9.17, 15) is 14.7 Å². The van der Waals surface area contributed by atoms with Gasteiger partial charge < -0.3 is 14.7 Å². The van der Waals surface area contributed by atoms with Crippen LogP contribution in [0.1, 0.15) is 19.8 Å². The number of hydrogen-bond acceptors (Lipinski definition) is 4. The number of carbonyl (C=O) groups is 2. The van der Waals surface area contributed by atoms with Crippen LogP contribution in [0.5, 0.6) is 0 Å². The molecule has 0 aromatic heterocycles. The topological polar surface area (TPSA) is 66.8 Å². The van der Waals surface area contributed by atoms with Gasteiger partial charge in [-0.05, 0) is 19.8 Å². The Morgan fingerprint density at radius 2 is 2.00 bits per heavy atom. The lowest BCUT2D eigenvalue weighted by atomic mass is 10.4. The maximum absolute atomic E-state index is 11.4. The van der Waals surface area contributed by atoms with Gasteiger partial charge in [-0.2, -0.15) is 0 Å². The van der Waals surface area contributed by atoms with Crippen LogP contribution in [0.25, 0.3) is 0 Å². The summed E-state index contributed by atoms with van der Waals surface area (Å²) in [4.78, 5) is 24.0. The zero-order valence-electron chi connectivity index (χ0n) is 8.73. The first-order valence-electron chi connectivity index (χ1n) is 5.02. The van der Waals surface area contributed by atoms with Crippen LogP contribution in [-0.4, -0.2) is 41.6 Å². The van der Waals surface area contributed by atoms with Crippen LogP contribution in [0.2, 0.25) is 0 Å². The van der Waals surface area contributed by atoms with Crippen molar-refractivity contribution in [3.63, 3.8) is 0 Å². The Kier molecular flexibility index (Phi) is 4.15. The van der Waals surface area contributed by atoms with Gasteiger partial charge in [-0.15, -0.1) is 0 Å². The number of likely N-dealkylation sites (tertiary alicyclic amines) is 1. The summed E-state index contributed by atoms with van der Waals surface area (Å²) < 4.78 is 4.54. The summed E-state index contributed by atoms with van der Waals surface area (Å²) in [6.45, 7) is 3.18. The third-order valence-electron chi connectivity index (χ3n) is 2.16. The number of ether oxygens (including phenoxy) is 1. The highest BCUT2D eigenvalue weighted by molar-refractivity contribution is 5.96. The van der Waals surface area contributed by atoms with Crippen molar-refractivity contribution >= 4 is 11.9 Å². The number of hydrogen-bond donors (Lipinski definition) is 1. The first kappa shape index (κ1) is 11.6. The molecule has 0 spiro atoms. The fourth-order valence-corrected chi connectivity index (χ4v) is 1.41. The molecule has 0 radical (unpaired) electrons. The maximum Gasteiger partial charge on any atom is 0.373 e. The zero-order valence-corrected chi connectivity index (χ0v) is 8.73. The van der Waals surface area contributed by atoms with Crippen LogP contribution in [0.15, 0.2) is 11.8 Å². The average Bonchev–Trinajstić information content (AvgIpc) is 2.70. The summed E-state index contributed by atoms with van der Waals surface area (Å²) in [6.07, 6.45) is 2.86. The molecule has 0 atom stereocenters. The molecule has 1 N–H and O–H groups in total. The van der Waals surface area contributed by atoms with Gasteiger partial charge in [-0.1, -0.05) is 0 Å². The van der Waals surface area contributed by atoms with Crippen LogP contribution in [0, 0.1) is 0 Å². The number of rotatable bonds is 3. The molecular formula is C10H15NO4. The highest BCUT2D eigenvalue weighted by Crippen LogP contribution is 2.08. The summed E-state index contributed by atoms with van der Waals surface area (Å²) in [5.41, 5.74) is 0. The van der Waals surface area contributed by atoms with Gasteiger partial charge in [0.25, 0.3) is 5.91 Å². The fourth-order valence-electron chi connectivity index (χ4n) is 1.41. The van der Waals surface area contributed by atoms with Crippen molar-refractivity contribution in [2.75, 3.05) is 19.7 Å². The van der Waals surface area contributed by atoms with Gasteiger partial charge in [0.2, 0.25) is 5.76 Å². The molecule has 1 aliphatic rings. The number of nitrogens with zero attached hydrogens (tertiary/aromatic N) is 1. The van der Waals surface area contributed by atoms with Crippen LogP contribution in [0.4, 0.5) is 0 Å². The molecule has 1 fully saturated rings. The molecule has 1 heterocycles. The van der Waals surface area contributed by atoms with E-state index in [0.717, 1.165) is 18.9 Å². The molecule has 0 aliphatic carbocycles. The minimum absolute atomic E-state index is 0.175. The Balaban J connectivity index is 2.53. The van der Waals surface area contributed by atoms with Crippen molar-refractivity contribution in [1.29, 1.82) is 0 Å². The first-order valence-corrected chi connectivity index (χ1v) is 5.02. The predicted octanol–water partition coefficient (Wildman–Crippen LogP) is 0.614. The van der Waals surface area contributed by atoms with E-state index in [1.807, 2.05) is 0 Å². The molecule has 5 nitrogen and oxygen atoms in total. The van der Waals surface area contributed by atoms with E-state index < -0.39 is 11.7 Å². The Hall–Kier alpha value is -1.52. The second-order valence-electron chi connectivity index (χ2n) is 3.28. The van der Waals surface area contributed by atoms with Gasteiger partial charge in [0.05, 0.1) is 12.7 Å². The van der Waals surface area contributed by atoms with Gasteiger partial charge in [-0.3, -0.25) is 4.79 Å². The first-order chi connectivity index (χ1) is 7.15. The number of carbonyl (C=O) groups excluding carboxylic acids is 2. The molecule has 0 aromatic rings. The van der Waals surface area contributed by atoms with Crippen molar-refractivity contribution in [3.8, 4) is 0 Å². The lowest BCUT2D eigenvalue weighted by molar-refractivity contribution is -0.142. The normalized spacial score (nSPS) is 16.6. The zero-order chi connectivity index (χ0) is 11.3. The molecule has 0 unspecified atom stereocenters. The monoisotopic (exact) mass is 213 g/mol. The largest absolute Gasteiger partial charge is 0.502 e. The molecule has 1 saturated heterocycles. The quantitative estimate of drug-likeness (QED) is 0.424. The summed E-state index contributed by atoms with van der Waals surface area (Å²) in [6, 6.07) is 0. The van der Waals surface area contributed by atoms with Crippen LogP contribution >= 0.6 is 0 Å². The van der Waals surface area contributed by atoms with Crippen molar-refractivity contribution in [3.05, 3.63) is 11.8 Å². The molecule has 15 heavy (non-hydrogen) atoms. The molecular weight excluding hydrogens is 198 g/mol.